The molecule has 150 valence electrons. The Bertz CT molecular complexity index is 1050. The van der Waals surface area contributed by atoms with Crippen molar-refractivity contribution in [3.63, 3.8) is 0 Å². The third kappa shape index (κ3) is 5.06. The number of carbonyl (C=O) groups excluding carboxylic acids is 1. The van der Waals surface area contributed by atoms with Gasteiger partial charge < -0.3 is 9.88 Å². The lowest BCUT2D eigenvalue weighted by Crippen LogP contribution is -2.25. The molecule has 0 saturated carbocycles. The van der Waals surface area contributed by atoms with Crippen molar-refractivity contribution in [1.82, 2.24) is 9.99 Å². The molecule has 0 fully saturated rings. The molecule has 0 aliphatic rings. The first kappa shape index (κ1) is 20.7. The Morgan fingerprint density at radius 2 is 1.76 bits per heavy atom. The molecule has 6 heteroatoms. The van der Waals surface area contributed by atoms with Crippen molar-refractivity contribution in [2.24, 2.45) is 5.10 Å². The molecule has 0 bridgehead atoms. The third-order valence-electron chi connectivity index (χ3n) is 4.91. The normalized spacial score (nSPS) is 11.1. The van der Waals surface area contributed by atoms with Gasteiger partial charge in [0.05, 0.1) is 12.8 Å². The Labute approximate surface area is 176 Å². The van der Waals surface area contributed by atoms with Gasteiger partial charge in [-0.2, -0.15) is 5.10 Å². The summed E-state index contributed by atoms with van der Waals surface area (Å²) in [5.41, 5.74) is 9.99. The van der Waals surface area contributed by atoms with E-state index in [2.05, 4.69) is 27.3 Å². The average Bonchev–Trinajstić information content (AvgIpc) is 2.97. The summed E-state index contributed by atoms with van der Waals surface area (Å²) in [4.78, 5) is 12.1. The molecule has 5 nitrogen and oxygen atoms in total. The summed E-state index contributed by atoms with van der Waals surface area (Å²) in [6.45, 7) is 8.32. The number of hydrogen-bond donors (Lipinski definition) is 2. The second kappa shape index (κ2) is 8.97. The van der Waals surface area contributed by atoms with Gasteiger partial charge in [0, 0.05) is 33.3 Å². The maximum absolute atomic E-state index is 12.1. The molecule has 0 radical (unpaired) electrons. The van der Waals surface area contributed by atoms with E-state index < -0.39 is 0 Å². The van der Waals surface area contributed by atoms with Crippen molar-refractivity contribution in [3.05, 3.63) is 81.6 Å². The number of nitrogens with one attached hydrogen (secondary N) is 2. The second-order valence-electron chi connectivity index (χ2n) is 7.08. The van der Waals surface area contributed by atoms with Crippen LogP contribution in [0.25, 0.3) is 5.69 Å². The second-order valence-corrected chi connectivity index (χ2v) is 7.52. The number of carbonyl (C=O) groups is 1. The van der Waals surface area contributed by atoms with E-state index in [0.717, 1.165) is 28.3 Å². The van der Waals surface area contributed by atoms with E-state index in [1.54, 1.807) is 6.21 Å². The molecule has 0 aliphatic carbocycles. The number of rotatable bonds is 6. The summed E-state index contributed by atoms with van der Waals surface area (Å²) in [5, 5.41) is 7.92. The predicted octanol–water partition coefficient (Wildman–Crippen LogP) is 4.93. The van der Waals surface area contributed by atoms with E-state index in [0.29, 0.717) is 5.02 Å². The number of hydrogen-bond acceptors (Lipinski definition) is 3. The van der Waals surface area contributed by atoms with Gasteiger partial charge in [0.15, 0.2) is 0 Å². The monoisotopic (exact) mass is 408 g/mol. The van der Waals surface area contributed by atoms with Crippen molar-refractivity contribution in [2.75, 3.05) is 11.9 Å². The highest BCUT2D eigenvalue weighted by atomic mass is 35.5. The van der Waals surface area contributed by atoms with Crippen molar-refractivity contribution < 1.29 is 4.79 Å². The zero-order valence-corrected chi connectivity index (χ0v) is 17.8. The number of halogens is 1. The molecule has 0 unspecified atom stereocenters. The minimum Gasteiger partial charge on any atom is -0.376 e. The lowest BCUT2D eigenvalue weighted by molar-refractivity contribution is -0.119. The Morgan fingerprint density at radius 3 is 2.45 bits per heavy atom. The number of amides is 1. The van der Waals surface area contributed by atoms with Crippen molar-refractivity contribution in [2.45, 2.75) is 27.7 Å². The fourth-order valence-electron chi connectivity index (χ4n) is 3.15. The fourth-order valence-corrected chi connectivity index (χ4v) is 3.28. The van der Waals surface area contributed by atoms with Gasteiger partial charge in [0.2, 0.25) is 0 Å². The molecule has 0 atom stereocenters. The summed E-state index contributed by atoms with van der Waals surface area (Å²) < 4.78 is 2.13. The van der Waals surface area contributed by atoms with Crippen LogP contribution in [0.15, 0.2) is 53.6 Å². The molecule has 29 heavy (non-hydrogen) atoms. The number of aryl methyl sites for hydroxylation is 3. The number of aromatic nitrogens is 1. The lowest BCUT2D eigenvalue weighted by atomic mass is 10.1. The van der Waals surface area contributed by atoms with Gasteiger partial charge in [-0.25, -0.2) is 5.43 Å². The molecule has 0 spiro atoms. The lowest BCUT2D eigenvalue weighted by Gasteiger charge is -2.09. The molecule has 1 amide bonds. The maximum atomic E-state index is 12.1. The Morgan fingerprint density at radius 1 is 1.03 bits per heavy atom. The Hall–Kier alpha value is -3.05. The quantitative estimate of drug-likeness (QED) is 0.449. The van der Waals surface area contributed by atoms with Crippen LogP contribution in [0.3, 0.4) is 0 Å². The molecule has 1 heterocycles. The predicted molar refractivity (Wildman–Crippen MR) is 120 cm³/mol. The highest BCUT2D eigenvalue weighted by Gasteiger charge is 2.09. The van der Waals surface area contributed by atoms with Crippen LogP contribution in [0.1, 0.15) is 28.1 Å². The zero-order valence-electron chi connectivity index (χ0n) is 17.1. The molecule has 3 aromatic rings. The molecule has 0 saturated heterocycles. The first-order chi connectivity index (χ1) is 13.8. The van der Waals surface area contributed by atoms with E-state index in [9.17, 15) is 4.79 Å². The van der Waals surface area contributed by atoms with Gasteiger partial charge in [0.25, 0.3) is 5.91 Å². The smallest absolute Gasteiger partial charge is 0.259 e. The topological polar surface area (TPSA) is 58.4 Å². The summed E-state index contributed by atoms with van der Waals surface area (Å²) in [6, 6.07) is 15.7. The fraction of sp³-hybridized carbons (Fsp3) is 0.217. The van der Waals surface area contributed by atoms with E-state index in [-0.39, 0.29) is 12.5 Å². The summed E-state index contributed by atoms with van der Waals surface area (Å²) in [5.74, 6) is -0.203. The van der Waals surface area contributed by atoms with E-state index >= 15 is 0 Å². The van der Waals surface area contributed by atoms with Crippen LogP contribution in [-0.4, -0.2) is 23.2 Å². The molecule has 2 aromatic carbocycles. The van der Waals surface area contributed by atoms with Crippen LogP contribution in [0, 0.1) is 27.7 Å². The van der Waals surface area contributed by atoms with Gasteiger partial charge in [-0.3, -0.25) is 4.79 Å². The molecule has 1 aromatic heterocycles. The summed E-state index contributed by atoms with van der Waals surface area (Å²) in [7, 11) is 0. The van der Waals surface area contributed by atoms with Crippen LogP contribution < -0.4 is 10.7 Å². The van der Waals surface area contributed by atoms with E-state index in [1.165, 1.54) is 11.1 Å². The van der Waals surface area contributed by atoms with Crippen LogP contribution in [0.2, 0.25) is 5.02 Å². The number of hydrazone groups is 1. The van der Waals surface area contributed by atoms with Crippen LogP contribution in [-0.2, 0) is 4.79 Å². The highest BCUT2D eigenvalue weighted by molar-refractivity contribution is 6.30. The largest absolute Gasteiger partial charge is 0.376 e. The average molecular weight is 409 g/mol. The van der Waals surface area contributed by atoms with E-state index in [1.807, 2.05) is 69.3 Å². The van der Waals surface area contributed by atoms with Crippen molar-refractivity contribution in [3.8, 4) is 5.69 Å². The third-order valence-corrected chi connectivity index (χ3v) is 5.16. The molecule has 0 aliphatic heterocycles. The minimum atomic E-state index is -0.203. The van der Waals surface area contributed by atoms with Crippen LogP contribution in [0.5, 0.6) is 0 Å². The van der Waals surface area contributed by atoms with E-state index in [4.69, 9.17) is 11.6 Å². The van der Waals surface area contributed by atoms with Crippen LogP contribution >= 0.6 is 11.6 Å². The SMILES string of the molecule is Cc1ccc(NCC(=O)N/N=C\c2cc(C)n(-c3ccc(Cl)cc3)c2C)cc1C. The molecule has 2 N–H and O–H groups in total. The van der Waals surface area contributed by atoms with Crippen molar-refractivity contribution >= 4 is 29.4 Å². The first-order valence-electron chi connectivity index (χ1n) is 9.43. The highest BCUT2D eigenvalue weighted by Crippen LogP contribution is 2.21. The molecule has 3 rings (SSSR count). The summed E-state index contributed by atoms with van der Waals surface area (Å²) >= 11 is 5.99. The Balaban J connectivity index is 1.61. The molecular weight excluding hydrogens is 384 g/mol. The maximum Gasteiger partial charge on any atom is 0.259 e. The number of nitrogens with zero attached hydrogens (tertiary/aromatic N) is 2. The van der Waals surface area contributed by atoms with Crippen molar-refractivity contribution in [1.29, 1.82) is 0 Å². The minimum absolute atomic E-state index is 0.156. The van der Waals surface area contributed by atoms with Gasteiger partial charge >= 0.3 is 0 Å². The van der Waals surface area contributed by atoms with Gasteiger partial charge in [-0.15, -0.1) is 0 Å². The van der Waals surface area contributed by atoms with Crippen LogP contribution in [0.4, 0.5) is 5.69 Å². The Kier molecular flexibility index (Phi) is 6.39. The number of anilines is 1. The first-order valence-corrected chi connectivity index (χ1v) is 9.81. The van der Waals surface area contributed by atoms with Gasteiger partial charge in [-0.05, 0) is 81.3 Å². The summed E-state index contributed by atoms with van der Waals surface area (Å²) in [6.07, 6.45) is 1.67. The zero-order chi connectivity index (χ0) is 21.0. The standard InChI is InChI=1S/C23H25ClN4O/c1-15-5-8-21(11-16(15)2)25-14-23(29)27-26-13-19-12-17(3)28(18(19)4)22-9-6-20(24)7-10-22/h5-13,25H,14H2,1-4H3,(H,27,29)/b26-13-. The van der Waals surface area contributed by atoms with Gasteiger partial charge in [-0.1, -0.05) is 17.7 Å². The van der Waals surface area contributed by atoms with Gasteiger partial charge in [0.1, 0.15) is 0 Å². The molecular formula is C23H25ClN4O. The number of benzene rings is 2.